The van der Waals surface area contributed by atoms with Crippen LogP contribution in [0.1, 0.15) is 234 Å². The van der Waals surface area contributed by atoms with Crippen LogP contribution in [0.4, 0.5) is 0 Å². The van der Waals surface area contributed by atoms with Gasteiger partial charge in [-0.05, 0) is 31.1 Å². The largest absolute Gasteiger partial charge is 0.462 e. The third-order valence-electron chi connectivity index (χ3n) is 9.72. The summed E-state index contributed by atoms with van der Waals surface area (Å²) < 4.78 is 16.7. The SMILES string of the molecule is CCCCCCCCCCCCC(=O)O[C@H](COC(=O)CCCCCCCCCCCC(C)C)COC(=O)CCCCCCCCCC(C)C. The number of hydrogen-bond donors (Lipinski definition) is 0. The Morgan fingerprint density at radius 1 is 0.380 bits per heavy atom. The molecule has 0 aromatic carbocycles. The molecule has 0 aromatic rings. The van der Waals surface area contributed by atoms with E-state index in [0.717, 1.165) is 69.6 Å². The van der Waals surface area contributed by atoms with Crippen LogP contribution < -0.4 is 0 Å². The van der Waals surface area contributed by atoms with Gasteiger partial charge in [-0.1, -0.05) is 195 Å². The highest BCUT2D eigenvalue weighted by atomic mass is 16.6. The van der Waals surface area contributed by atoms with Crippen molar-refractivity contribution in [3.63, 3.8) is 0 Å². The van der Waals surface area contributed by atoms with Crippen molar-refractivity contribution in [2.45, 2.75) is 240 Å². The summed E-state index contributed by atoms with van der Waals surface area (Å²) in [5, 5.41) is 0. The van der Waals surface area contributed by atoms with Crippen LogP contribution >= 0.6 is 0 Å². The molecule has 6 heteroatoms. The van der Waals surface area contributed by atoms with E-state index < -0.39 is 6.10 Å². The van der Waals surface area contributed by atoms with E-state index in [1.807, 2.05) is 0 Å². The van der Waals surface area contributed by atoms with E-state index in [9.17, 15) is 14.4 Å². The lowest BCUT2D eigenvalue weighted by atomic mass is 10.0. The van der Waals surface area contributed by atoms with Gasteiger partial charge in [-0.25, -0.2) is 0 Å². The number of esters is 3. The number of carbonyl (C=O) groups is 3. The number of rotatable bonds is 38. The maximum Gasteiger partial charge on any atom is 0.306 e. The first-order chi connectivity index (χ1) is 24.2. The first kappa shape index (κ1) is 48.4. The molecule has 50 heavy (non-hydrogen) atoms. The van der Waals surface area contributed by atoms with Crippen LogP contribution in [-0.4, -0.2) is 37.2 Å². The van der Waals surface area contributed by atoms with E-state index in [-0.39, 0.29) is 31.1 Å². The molecule has 0 aromatic heterocycles. The Bertz CT molecular complexity index is 764. The second-order valence-corrected chi connectivity index (χ2v) is 15.9. The van der Waals surface area contributed by atoms with Gasteiger partial charge >= 0.3 is 17.9 Å². The Hall–Kier alpha value is -1.59. The number of unbranched alkanes of at least 4 members (excludes halogenated alkanes) is 23. The fourth-order valence-corrected chi connectivity index (χ4v) is 6.40. The van der Waals surface area contributed by atoms with Crippen molar-refractivity contribution in [2.75, 3.05) is 13.2 Å². The van der Waals surface area contributed by atoms with E-state index in [4.69, 9.17) is 14.2 Å². The van der Waals surface area contributed by atoms with Crippen molar-refractivity contribution in [1.82, 2.24) is 0 Å². The smallest absolute Gasteiger partial charge is 0.306 e. The molecule has 0 saturated carbocycles. The molecule has 1 atom stereocenters. The lowest BCUT2D eigenvalue weighted by Gasteiger charge is -2.18. The average Bonchev–Trinajstić information content (AvgIpc) is 3.08. The lowest BCUT2D eigenvalue weighted by Crippen LogP contribution is -2.30. The molecule has 0 aliphatic carbocycles. The monoisotopic (exact) mass is 709 g/mol. The van der Waals surface area contributed by atoms with Gasteiger partial charge < -0.3 is 14.2 Å². The molecule has 0 unspecified atom stereocenters. The van der Waals surface area contributed by atoms with Gasteiger partial charge in [0.25, 0.3) is 0 Å². The van der Waals surface area contributed by atoms with Crippen LogP contribution in [0.3, 0.4) is 0 Å². The Kier molecular flexibility index (Phi) is 36.0. The lowest BCUT2D eigenvalue weighted by molar-refractivity contribution is -0.167. The summed E-state index contributed by atoms with van der Waals surface area (Å²) in [5.41, 5.74) is 0. The van der Waals surface area contributed by atoms with Crippen molar-refractivity contribution < 1.29 is 28.6 Å². The van der Waals surface area contributed by atoms with Crippen molar-refractivity contribution >= 4 is 17.9 Å². The maximum absolute atomic E-state index is 12.6. The molecular formula is C44H84O6. The Morgan fingerprint density at radius 2 is 0.660 bits per heavy atom. The van der Waals surface area contributed by atoms with E-state index in [0.29, 0.717) is 19.3 Å². The summed E-state index contributed by atoms with van der Waals surface area (Å²) >= 11 is 0. The molecule has 0 aliphatic rings. The van der Waals surface area contributed by atoms with Crippen molar-refractivity contribution in [3.8, 4) is 0 Å². The zero-order valence-corrected chi connectivity index (χ0v) is 34.0. The normalized spacial score (nSPS) is 12.1. The quantitative estimate of drug-likeness (QED) is 0.0361. The molecule has 296 valence electrons. The number of hydrogen-bond acceptors (Lipinski definition) is 6. The standard InChI is InChI=1S/C44H84O6/c1-6-7-8-9-10-11-14-20-26-31-36-44(47)50-41(38-49-43(46)35-30-25-21-16-18-23-28-33-40(4)5)37-48-42(45)34-29-24-19-15-12-13-17-22-27-32-39(2)3/h39-41H,6-38H2,1-5H3/t41-/m1/s1. The molecule has 0 amide bonds. The molecule has 0 spiro atoms. The minimum absolute atomic E-state index is 0.0660. The predicted octanol–water partition coefficient (Wildman–Crippen LogP) is 13.4. The summed E-state index contributed by atoms with van der Waals surface area (Å²) in [7, 11) is 0. The summed E-state index contributed by atoms with van der Waals surface area (Å²) in [4.78, 5) is 37.6. The van der Waals surface area contributed by atoms with Gasteiger partial charge in [-0.2, -0.15) is 0 Å². The highest BCUT2D eigenvalue weighted by Gasteiger charge is 2.19. The molecule has 0 rings (SSSR count). The van der Waals surface area contributed by atoms with Gasteiger partial charge in [0, 0.05) is 19.3 Å². The highest BCUT2D eigenvalue weighted by Crippen LogP contribution is 2.16. The third kappa shape index (κ3) is 37.7. The topological polar surface area (TPSA) is 78.9 Å². The fourth-order valence-electron chi connectivity index (χ4n) is 6.40. The molecule has 6 nitrogen and oxygen atoms in total. The van der Waals surface area contributed by atoms with Gasteiger partial charge in [0.15, 0.2) is 6.10 Å². The molecule has 0 saturated heterocycles. The predicted molar refractivity (Wildman–Crippen MR) is 210 cm³/mol. The van der Waals surface area contributed by atoms with Crippen LogP contribution in [0, 0.1) is 11.8 Å². The molecular weight excluding hydrogens is 624 g/mol. The van der Waals surface area contributed by atoms with E-state index in [1.165, 1.54) is 122 Å². The van der Waals surface area contributed by atoms with E-state index in [1.54, 1.807) is 0 Å². The number of carbonyl (C=O) groups excluding carboxylic acids is 3. The maximum atomic E-state index is 12.6. The molecule has 0 N–H and O–H groups in total. The van der Waals surface area contributed by atoms with E-state index >= 15 is 0 Å². The minimum Gasteiger partial charge on any atom is -0.462 e. The summed E-state index contributed by atoms with van der Waals surface area (Å²) in [5.74, 6) is 0.725. The molecule has 0 fully saturated rings. The average molecular weight is 709 g/mol. The summed E-state index contributed by atoms with van der Waals surface area (Å²) in [6, 6.07) is 0. The van der Waals surface area contributed by atoms with Crippen molar-refractivity contribution in [3.05, 3.63) is 0 Å². The van der Waals surface area contributed by atoms with Gasteiger partial charge in [0.1, 0.15) is 13.2 Å². The zero-order chi connectivity index (χ0) is 36.9. The van der Waals surface area contributed by atoms with Gasteiger partial charge in [0.05, 0.1) is 0 Å². The Labute approximate surface area is 310 Å². The first-order valence-corrected chi connectivity index (χ1v) is 21.7. The third-order valence-corrected chi connectivity index (χ3v) is 9.72. The number of ether oxygens (including phenoxy) is 3. The molecule has 0 bridgehead atoms. The first-order valence-electron chi connectivity index (χ1n) is 21.7. The van der Waals surface area contributed by atoms with Gasteiger partial charge in [0.2, 0.25) is 0 Å². The fraction of sp³-hybridized carbons (Fsp3) is 0.932. The minimum atomic E-state index is -0.759. The van der Waals surface area contributed by atoms with Gasteiger partial charge in [-0.3, -0.25) is 14.4 Å². The van der Waals surface area contributed by atoms with Crippen molar-refractivity contribution in [1.29, 1.82) is 0 Å². The molecule has 0 radical (unpaired) electrons. The van der Waals surface area contributed by atoms with Crippen LogP contribution in [0.2, 0.25) is 0 Å². The van der Waals surface area contributed by atoms with Crippen LogP contribution in [0.5, 0.6) is 0 Å². The Balaban J connectivity index is 4.34. The van der Waals surface area contributed by atoms with Crippen molar-refractivity contribution in [2.24, 2.45) is 11.8 Å². The second-order valence-electron chi connectivity index (χ2n) is 15.9. The van der Waals surface area contributed by atoms with E-state index in [2.05, 4.69) is 34.6 Å². The van der Waals surface area contributed by atoms with Gasteiger partial charge in [-0.15, -0.1) is 0 Å². The van der Waals surface area contributed by atoms with Crippen LogP contribution in [0.25, 0.3) is 0 Å². The zero-order valence-electron chi connectivity index (χ0n) is 34.0. The van der Waals surface area contributed by atoms with Crippen LogP contribution in [0.15, 0.2) is 0 Å². The second kappa shape index (κ2) is 37.2. The molecule has 0 heterocycles. The molecule has 0 aliphatic heterocycles. The van der Waals surface area contributed by atoms with Crippen LogP contribution in [-0.2, 0) is 28.6 Å². The summed E-state index contributed by atoms with van der Waals surface area (Å²) in [6.45, 7) is 11.2. The summed E-state index contributed by atoms with van der Waals surface area (Å²) in [6.07, 6.45) is 33.8. The Morgan fingerprint density at radius 3 is 0.980 bits per heavy atom. The highest BCUT2D eigenvalue weighted by molar-refractivity contribution is 5.71.